The predicted octanol–water partition coefficient (Wildman–Crippen LogP) is 2.18. The average molecular weight is 299 g/mol. The zero-order valence-electron chi connectivity index (χ0n) is 10.4. The van der Waals surface area contributed by atoms with Crippen LogP contribution in [0, 0.1) is 13.8 Å². The van der Waals surface area contributed by atoms with Crippen LogP contribution in [0.5, 0.6) is 5.75 Å². The summed E-state index contributed by atoms with van der Waals surface area (Å²) in [6, 6.07) is 2.09. The standard InChI is InChI=1S/C13H19BrN2O/c1-9-7-11(13(17)12(14)10(9)2)8-16-5-3-15-4-6-16/h7,15,17H,3-6,8H2,1-2H3. The largest absolute Gasteiger partial charge is 0.506 e. The van der Waals surface area contributed by atoms with Crippen LogP contribution in [-0.2, 0) is 6.54 Å². The van der Waals surface area contributed by atoms with Crippen LogP contribution in [0.1, 0.15) is 16.7 Å². The van der Waals surface area contributed by atoms with Crippen LogP contribution >= 0.6 is 15.9 Å². The molecule has 2 N–H and O–H groups in total. The van der Waals surface area contributed by atoms with Crippen LogP contribution in [0.3, 0.4) is 0 Å². The zero-order valence-corrected chi connectivity index (χ0v) is 12.0. The molecule has 1 saturated heterocycles. The van der Waals surface area contributed by atoms with E-state index in [1.165, 1.54) is 5.56 Å². The first kappa shape index (κ1) is 12.9. The van der Waals surface area contributed by atoms with Crippen LogP contribution in [0.25, 0.3) is 0 Å². The lowest BCUT2D eigenvalue weighted by Crippen LogP contribution is -2.42. The van der Waals surface area contributed by atoms with E-state index in [-0.39, 0.29) is 0 Å². The molecule has 0 unspecified atom stereocenters. The summed E-state index contributed by atoms with van der Waals surface area (Å²) >= 11 is 3.46. The number of halogens is 1. The third-order valence-electron chi connectivity index (χ3n) is 3.43. The van der Waals surface area contributed by atoms with Gasteiger partial charge in [-0.15, -0.1) is 0 Å². The number of hydrogen-bond acceptors (Lipinski definition) is 3. The van der Waals surface area contributed by atoms with Crippen molar-refractivity contribution in [2.45, 2.75) is 20.4 Å². The number of piperazine rings is 1. The molecule has 1 aromatic rings. The van der Waals surface area contributed by atoms with Crippen LogP contribution < -0.4 is 5.32 Å². The molecule has 1 heterocycles. The number of nitrogens with zero attached hydrogens (tertiary/aromatic N) is 1. The van der Waals surface area contributed by atoms with Crippen molar-refractivity contribution in [2.24, 2.45) is 0 Å². The lowest BCUT2D eigenvalue weighted by Gasteiger charge is -2.27. The molecular formula is C13H19BrN2O. The molecule has 0 aromatic heterocycles. The van der Waals surface area contributed by atoms with E-state index in [0.717, 1.165) is 48.3 Å². The molecule has 0 atom stereocenters. The summed E-state index contributed by atoms with van der Waals surface area (Å²) < 4.78 is 0.836. The molecule has 3 nitrogen and oxygen atoms in total. The van der Waals surface area contributed by atoms with E-state index in [4.69, 9.17) is 0 Å². The Morgan fingerprint density at radius 1 is 1.35 bits per heavy atom. The van der Waals surface area contributed by atoms with Gasteiger partial charge in [0.25, 0.3) is 0 Å². The first-order valence-corrected chi connectivity index (χ1v) is 6.79. The Hall–Kier alpha value is -0.580. The molecule has 1 aromatic carbocycles. The molecule has 94 valence electrons. The zero-order chi connectivity index (χ0) is 12.4. The van der Waals surface area contributed by atoms with Crippen LogP contribution in [-0.4, -0.2) is 36.2 Å². The molecule has 4 heteroatoms. The monoisotopic (exact) mass is 298 g/mol. The summed E-state index contributed by atoms with van der Waals surface area (Å²) in [4.78, 5) is 2.37. The Kier molecular flexibility index (Phi) is 4.07. The molecule has 2 rings (SSSR count). The summed E-state index contributed by atoms with van der Waals surface area (Å²) in [6.07, 6.45) is 0. The molecule has 0 spiro atoms. The average Bonchev–Trinajstić information content (AvgIpc) is 2.35. The number of aromatic hydroxyl groups is 1. The fourth-order valence-corrected chi connectivity index (χ4v) is 2.73. The van der Waals surface area contributed by atoms with Gasteiger partial charge in [0.2, 0.25) is 0 Å². The topological polar surface area (TPSA) is 35.5 Å². The van der Waals surface area contributed by atoms with Crippen LogP contribution in [0.4, 0.5) is 0 Å². The highest BCUT2D eigenvalue weighted by Crippen LogP contribution is 2.34. The van der Waals surface area contributed by atoms with E-state index in [1.54, 1.807) is 0 Å². The maximum Gasteiger partial charge on any atom is 0.134 e. The van der Waals surface area contributed by atoms with Crippen molar-refractivity contribution < 1.29 is 5.11 Å². The van der Waals surface area contributed by atoms with E-state index in [2.05, 4.69) is 39.1 Å². The van der Waals surface area contributed by atoms with E-state index in [1.807, 2.05) is 6.92 Å². The highest BCUT2D eigenvalue weighted by Gasteiger charge is 2.15. The van der Waals surface area contributed by atoms with Gasteiger partial charge in [0.05, 0.1) is 4.47 Å². The van der Waals surface area contributed by atoms with Crippen molar-refractivity contribution >= 4 is 15.9 Å². The minimum atomic E-state index is 0.395. The second kappa shape index (κ2) is 5.38. The molecule has 17 heavy (non-hydrogen) atoms. The molecule has 0 aliphatic carbocycles. The van der Waals surface area contributed by atoms with Crippen molar-refractivity contribution in [3.8, 4) is 5.75 Å². The number of aryl methyl sites for hydroxylation is 1. The van der Waals surface area contributed by atoms with Crippen LogP contribution in [0.15, 0.2) is 10.5 Å². The fraction of sp³-hybridized carbons (Fsp3) is 0.538. The summed E-state index contributed by atoms with van der Waals surface area (Å²) in [6.45, 7) is 9.09. The van der Waals surface area contributed by atoms with Gasteiger partial charge < -0.3 is 10.4 Å². The number of phenols is 1. The summed E-state index contributed by atoms with van der Waals surface area (Å²) in [5.41, 5.74) is 3.35. The highest BCUT2D eigenvalue weighted by molar-refractivity contribution is 9.10. The van der Waals surface area contributed by atoms with Crippen molar-refractivity contribution in [2.75, 3.05) is 26.2 Å². The van der Waals surface area contributed by atoms with Gasteiger partial charge in [-0.05, 0) is 40.9 Å². The second-order valence-corrected chi connectivity index (χ2v) is 5.46. The van der Waals surface area contributed by atoms with Crippen molar-refractivity contribution in [1.29, 1.82) is 0 Å². The molecule has 1 fully saturated rings. The van der Waals surface area contributed by atoms with E-state index in [0.29, 0.717) is 5.75 Å². The smallest absolute Gasteiger partial charge is 0.134 e. The van der Waals surface area contributed by atoms with Gasteiger partial charge in [0, 0.05) is 38.3 Å². The van der Waals surface area contributed by atoms with Gasteiger partial charge in [-0.25, -0.2) is 0 Å². The van der Waals surface area contributed by atoms with Crippen molar-refractivity contribution in [1.82, 2.24) is 10.2 Å². The van der Waals surface area contributed by atoms with E-state index >= 15 is 0 Å². The second-order valence-electron chi connectivity index (χ2n) is 4.67. The highest BCUT2D eigenvalue weighted by atomic mass is 79.9. The maximum atomic E-state index is 10.1. The normalized spacial score (nSPS) is 17.4. The molecule has 0 bridgehead atoms. The summed E-state index contributed by atoms with van der Waals surface area (Å²) in [5.74, 6) is 0.395. The molecule has 1 aliphatic heterocycles. The summed E-state index contributed by atoms with van der Waals surface area (Å²) in [5, 5.41) is 13.5. The van der Waals surface area contributed by atoms with Gasteiger partial charge in [-0.1, -0.05) is 6.07 Å². The van der Waals surface area contributed by atoms with Gasteiger partial charge in [0.15, 0.2) is 0 Å². The van der Waals surface area contributed by atoms with Gasteiger partial charge in [-0.3, -0.25) is 4.90 Å². The minimum Gasteiger partial charge on any atom is -0.506 e. The lowest BCUT2D eigenvalue weighted by molar-refractivity contribution is 0.230. The van der Waals surface area contributed by atoms with E-state index < -0.39 is 0 Å². The number of hydrogen-bond donors (Lipinski definition) is 2. The van der Waals surface area contributed by atoms with Gasteiger partial charge in [0.1, 0.15) is 5.75 Å². The Labute approximate surface area is 111 Å². The van der Waals surface area contributed by atoms with Gasteiger partial charge in [-0.2, -0.15) is 0 Å². The molecular weight excluding hydrogens is 280 g/mol. The number of phenolic OH excluding ortho intramolecular Hbond substituents is 1. The SMILES string of the molecule is Cc1cc(CN2CCNCC2)c(O)c(Br)c1C. The number of nitrogens with one attached hydrogen (secondary N) is 1. The van der Waals surface area contributed by atoms with Gasteiger partial charge >= 0.3 is 0 Å². The van der Waals surface area contributed by atoms with Crippen molar-refractivity contribution in [3.63, 3.8) is 0 Å². The van der Waals surface area contributed by atoms with E-state index in [9.17, 15) is 5.11 Å². The Balaban J connectivity index is 2.20. The fourth-order valence-electron chi connectivity index (χ4n) is 2.16. The first-order chi connectivity index (χ1) is 8.09. The lowest BCUT2D eigenvalue weighted by atomic mass is 10.0. The van der Waals surface area contributed by atoms with Crippen molar-refractivity contribution in [3.05, 3.63) is 27.2 Å². The number of benzene rings is 1. The first-order valence-electron chi connectivity index (χ1n) is 6.00. The third-order valence-corrected chi connectivity index (χ3v) is 4.40. The molecule has 0 amide bonds. The molecule has 1 aliphatic rings. The quantitative estimate of drug-likeness (QED) is 0.878. The molecule has 0 saturated carbocycles. The van der Waals surface area contributed by atoms with Crippen LogP contribution in [0.2, 0.25) is 0 Å². The predicted molar refractivity (Wildman–Crippen MR) is 73.4 cm³/mol. The summed E-state index contributed by atoms with van der Waals surface area (Å²) in [7, 11) is 0. The molecule has 0 radical (unpaired) electrons. The minimum absolute atomic E-state index is 0.395. The maximum absolute atomic E-state index is 10.1. The Bertz CT molecular complexity index is 414. The third kappa shape index (κ3) is 2.81. The Morgan fingerprint density at radius 3 is 2.65 bits per heavy atom. The Morgan fingerprint density at radius 2 is 2.00 bits per heavy atom. The number of rotatable bonds is 2.